The lowest BCUT2D eigenvalue weighted by Gasteiger charge is -2.30. The summed E-state index contributed by atoms with van der Waals surface area (Å²) in [6, 6.07) is 27.0. The molecule has 2 N–H and O–H groups in total. The molecule has 1 unspecified atom stereocenters. The molecule has 3 heterocycles. The van der Waals surface area contributed by atoms with Gasteiger partial charge in [-0.05, 0) is 48.7 Å². The Bertz CT molecular complexity index is 1590. The summed E-state index contributed by atoms with van der Waals surface area (Å²) in [6.07, 6.45) is 1.91. The van der Waals surface area contributed by atoms with Gasteiger partial charge in [0, 0.05) is 55.8 Å². The number of ether oxygens (including phenoxy) is 1. The topological polar surface area (TPSA) is 78.3 Å². The number of nitrogens with two attached hydrogens (primary N) is 1. The predicted octanol–water partition coefficient (Wildman–Crippen LogP) is 4.92. The smallest absolute Gasteiger partial charge is 0.253 e. The first-order valence-corrected chi connectivity index (χ1v) is 13.3. The largest absolute Gasteiger partial charge is 0.383 e. The number of rotatable bonds is 7. The van der Waals surface area contributed by atoms with Gasteiger partial charge in [0.2, 0.25) is 0 Å². The molecule has 0 aliphatic carbocycles. The fourth-order valence-corrected chi connectivity index (χ4v) is 5.58. The minimum absolute atomic E-state index is 0.0215. The van der Waals surface area contributed by atoms with E-state index in [0.717, 1.165) is 54.0 Å². The van der Waals surface area contributed by atoms with Crippen LogP contribution in [0.25, 0.3) is 33.5 Å². The molecule has 1 atom stereocenters. The van der Waals surface area contributed by atoms with E-state index >= 15 is 0 Å². The number of imidazole rings is 1. The van der Waals surface area contributed by atoms with Crippen LogP contribution < -0.4 is 5.73 Å². The van der Waals surface area contributed by atoms with Crippen molar-refractivity contribution in [3.63, 3.8) is 0 Å². The number of amides is 1. The van der Waals surface area contributed by atoms with Gasteiger partial charge < -0.3 is 24.5 Å². The summed E-state index contributed by atoms with van der Waals surface area (Å²) in [5, 5.41) is 1.17. The van der Waals surface area contributed by atoms with Gasteiger partial charge in [-0.3, -0.25) is 4.79 Å². The van der Waals surface area contributed by atoms with Crippen molar-refractivity contribution in [2.75, 3.05) is 26.8 Å². The molecule has 1 amide bonds. The lowest BCUT2D eigenvalue weighted by atomic mass is 10.1. The van der Waals surface area contributed by atoms with Crippen LogP contribution in [0.1, 0.15) is 28.8 Å². The minimum Gasteiger partial charge on any atom is -0.383 e. The van der Waals surface area contributed by atoms with Gasteiger partial charge >= 0.3 is 0 Å². The van der Waals surface area contributed by atoms with E-state index < -0.39 is 0 Å². The zero-order chi connectivity index (χ0) is 26.1. The Labute approximate surface area is 222 Å². The van der Waals surface area contributed by atoms with Crippen LogP contribution in [-0.4, -0.2) is 57.8 Å². The number of likely N-dealkylation sites (tertiary alicyclic amines) is 1. The SMILES string of the molecule is COCCn1c(-c2cc3ccccc3n2Cc2ccccc2)nc2cc(C(=O)N3CCCC(N)C3)ccc21. The lowest BCUT2D eigenvalue weighted by Crippen LogP contribution is -2.45. The third-order valence-corrected chi connectivity index (χ3v) is 7.48. The molecule has 7 nitrogen and oxygen atoms in total. The van der Waals surface area contributed by atoms with E-state index in [4.69, 9.17) is 15.5 Å². The molecule has 1 aliphatic rings. The van der Waals surface area contributed by atoms with Gasteiger partial charge in [-0.25, -0.2) is 4.98 Å². The van der Waals surface area contributed by atoms with E-state index in [1.54, 1.807) is 7.11 Å². The summed E-state index contributed by atoms with van der Waals surface area (Å²) in [4.78, 5) is 20.3. The second-order valence-corrected chi connectivity index (χ2v) is 10.1. The summed E-state index contributed by atoms with van der Waals surface area (Å²) < 4.78 is 10.0. The highest BCUT2D eigenvalue weighted by Gasteiger charge is 2.24. The van der Waals surface area contributed by atoms with Crippen molar-refractivity contribution in [1.82, 2.24) is 19.0 Å². The van der Waals surface area contributed by atoms with E-state index in [9.17, 15) is 4.79 Å². The quantitative estimate of drug-likeness (QED) is 0.339. The Morgan fingerprint density at radius 3 is 2.63 bits per heavy atom. The summed E-state index contributed by atoms with van der Waals surface area (Å²) in [7, 11) is 1.71. The highest BCUT2D eigenvalue weighted by atomic mass is 16.5. The zero-order valence-electron chi connectivity index (χ0n) is 21.7. The molecule has 0 radical (unpaired) electrons. The van der Waals surface area contributed by atoms with E-state index in [-0.39, 0.29) is 11.9 Å². The maximum absolute atomic E-state index is 13.3. The molecule has 0 bridgehead atoms. The molecule has 7 heteroatoms. The Kier molecular flexibility index (Phi) is 6.70. The number of para-hydroxylation sites is 1. The van der Waals surface area contributed by atoms with Gasteiger partial charge in [0.1, 0.15) is 0 Å². The summed E-state index contributed by atoms with van der Waals surface area (Å²) in [6.45, 7) is 3.30. The number of piperidine rings is 1. The van der Waals surface area contributed by atoms with Crippen LogP contribution >= 0.6 is 0 Å². The molecule has 38 heavy (non-hydrogen) atoms. The fraction of sp³-hybridized carbons (Fsp3) is 0.290. The highest BCUT2D eigenvalue weighted by Crippen LogP contribution is 2.32. The van der Waals surface area contributed by atoms with Gasteiger partial charge in [0.05, 0.1) is 23.3 Å². The molecule has 0 spiro atoms. The standard InChI is InChI=1S/C31H33N5O2/c1-38-17-16-35-28-14-13-24(31(37)34-15-7-11-25(32)21-34)18-26(28)33-30(35)29-19-23-10-5-6-12-27(23)36(29)20-22-8-3-2-4-9-22/h2-6,8-10,12-14,18-19,25H,7,11,15-17,20-21,32H2,1H3. The summed E-state index contributed by atoms with van der Waals surface area (Å²) in [5.41, 5.74) is 12.0. The van der Waals surface area contributed by atoms with Crippen molar-refractivity contribution in [1.29, 1.82) is 0 Å². The molecule has 0 saturated carbocycles. The monoisotopic (exact) mass is 507 g/mol. The second kappa shape index (κ2) is 10.4. The molecule has 194 valence electrons. The number of methoxy groups -OCH3 is 1. The van der Waals surface area contributed by atoms with E-state index in [1.807, 2.05) is 29.2 Å². The van der Waals surface area contributed by atoms with Crippen molar-refractivity contribution >= 4 is 27.8 Å². The van der Waals surface area contributed by atoms with Crippen molar-refractivity contribution in [3.8, 4) is 11.5 Å². The van der Waals surface area contributed by atoms with Gasteiger partial charge in [-0.2, -0.15) is 0 Å². The first-order chi connectivity index (χ1) is 18.6. The molecule has 2 aromatic heterocycles. The van der Waals surface area contributed by atoms with Crippen molar-refractivity contribution in [2.45, 2.75) is 32.0 Å². The van der Waals surface area contributed by atoms with Crippen molar-refractivity contribution < 1.29 is 9.53 Å². The Balaban J connectivity index is 1.47. The van der Waals surface area contributed by atoms with E-state index in [1.165, 1.54) is 10.9 Å². The number of carbonyl (C=O) groups excluding carboxylic acids is 1. The molecule has 6 rings (SSSR count). The van der Waals surface area contributed by atoms with Crippen molar-refractivity contribution in [3.05, 3.63) is 90.0 Å². The number of fused-ring (bicyclic) bond motifs is 2. The third-order valence-electron chi connectivity index (χ3n) is 7.48. The Morgan fingerprint density at radius 2 is 1.82 bits per heavy atom. The van der Waals surface area contributed by atoms with Crippen LogP contribution in [0.5, 0.6) is 0 Å². The summed E-state index contributed by atoms with van der Waals surface area (Å²) >= 11 is 0. The molecular weight excluding hydrogens is 474 g/mol. The van der Waals surface area contributed by atoms with E-state index in [2.05, 4.69) is 63.7 Å². The van der Waals surface area contributed by atoms with Crippen LogP contribution in [0.4, 0.5) is 0 Å². The first kappa shape index (κ1) is 24.4. The first-order valence-electron chi connectivity index (χ1n) is 13.3. The molecule has 1 fully saturated rings. The third kappa shape index (κ3) is 4.59. The molecule has 5 aromatic rings. The molecule has 1 aliphatic heterocycles. The van der Waals surface area contributed by atoms with Gasteiger partial charge in [0.25, 0.3) is 5.91 Å². The highest BCUT2D eigenvalue weighted by molar-refractivity contribution is 5.98. The summed E-state index contributed by atoms with van der Waals surface area (Å²) in [5.74, 6) is 0.891. The number of benzene rings is 3. The van der Waals surface area contributed by atoms with Crippen LogP contribution in [-0.2, 0) is 17.8 Å². The maximum atomic E-state index is 13.3. The Hall–Kier alpha value is -3.94. The minimum atomic E-state index is 0.0215. The maximum Gasteiger partial charge on any atom is 0.253 e. The average Bonchev–Trinajstić information content (AvgIpc) is 3.49. The number of hydrogen-bond acceptors (Lipinski definition) is 4. The van der Waals surface area contributed by atoms with E-state index in [0.29, 0.717) is 25.3 Å². The number of carbonyl (C=O) groups is 1. The molecule has 3 aromatic carbocycles. The second-order valence-electron chi connectivity index (χ2n) is 10.1. The van der Waals surface area contributed by atoms with Gasteiger partial charge in [-0.15, -0.1) is 0 Å². The average molecular weight is 508 g/mol. The van der Waals surface area contributed by atoms with Crippen LogP contribution in [0, 0.1) is 0 Å². The predicted molar refractivity (Wildman–Crippen MR) is 151 cm³/mol. The number of hydrogen-bond donors (Lipinski definition) is 1. The molecule has 1 saturated heterocycles. The fourth-order valence-electron chi connectivity index (χ4n) is 5.58. The van der Waals surface area contributed by atoms with Gasteiger partial charge in [0.15, 0.2) is 5.82 Å². The Morgan fingerprint density at radius 1 is 1.00 bits per heavy atom. The molecular formula is C31H33N5O2. The zero-order valence-corrected chi connectivity index (χ0v) is 21.7. The van der Waals surface area contributed by atoms with Gasteiger partial charge in [-0.1, -0.05) is 48.5 Å². The van der Waals surface area contributed by atoms with Crippen molar-refractivity contribution in [2.24, 2.45) is 5.73 Å². The normalized spacial score (nSPS) is 15.9. The van der Waals surface area contributed by atoms with Crippen LogP contribution in [0.2, 0.25) is 0 Å². The number of nitrogens with zero attached hydrogens (tertiary/aromatic N) is 4. The van der Waals surface area contributed by atoms with Crippen LogP contribution in [0.3, 0.4) is 0 Å². The lowest BCUT2D eigenvalue weighted by molar-refractivity contribution is 0.0709. The number of aromatic nitrogens is 3. The van der Waals surface area contributed by atoms with Crippen LogP contribution in [0.15, 0.2) is 78.9 Å².